The molecule has 0 amide bonds. The minimum Gasteiger partial charge on any atom is -0.323 e. The zero-order chi connectivity index (χ0) is 11.5. The van der Waals surface area contributed by atoms with Crippen LogP contribution in [0.3, 0.4) is 0 Å². The van der Waals surface area contributed by atoms with Crippen molar-refractivity contribution < 1.29 is 8.78 Å². The minimum absolute atomic E-state index is 0.0301. The molecule has 0 bridgehead atoms. The number of halogens is 2. The van der Waals surface area contributed by atoms with Gasteiger partial charge in [-0.25, -0.2) is 8.78 Å². The Hall–Kier alpha value is -0.260. The molecule has 2 rings (SSSR count). The second-order valence-electron chi connectivity index (χ2n) is 3.65. The van der Waals surface area contributed by atoms with Crippen LogP contribution >= 0.6 is 23.5 Å². The summed E-state index contributed by atoms with van der Waals surface area (Å²) in [4.78, 5) is 0. The predicted octanol–water partition coefficient (Wildman–Crippen LogP) is 2.81. The van der Waals surface area contributed by atoms with Gasteiger partial charge in [-0.15, -0.1) is 0 Å². The molecule has 1 aromatic rings. The first-order valence-corrected chi connectivity index (χ1v) is 7.29. The van der Waals surface area contributed by atoms with Gasteiger partial charge in [-0.1, -0.05) is 6.07 Å². The van der Waals surface area contributed by atoms with Crippen LogP contribution in [0.25, 0.3) is 0 Å². The molecular weight excluding hydrogens is 248 g/mol. The number of hydrogen-bond acceptors (Lipinski definition) is 3. The molecule has 2 atom stereocenters. The summed E-state index contributed by atoms with van der Waals surface area (Å²) in [6.45, 7) is 0. The summed E-state index contributed by atoms with van der Waals surface area (Å²) in [5.41, 5.74) is 5.99. The van der Waals surface area contributed by atoms with E-state index in [1.807, 2.05) is 0 Å². The average molecular weight is 261 g/mol. The molecule has 0 saturated carbocycles. The zero-order valence-corrected chi connectivity index (χ0v) is 10.3. The molecule has 88 valence electrons. The highest BCUT2D eigenvalue weighted by Crippen LogP contribution is 2.33. The van der Waals surface area contributed by atoms with E-state index in [1.165, 1.54) is 18.2 Å². The Morgan fingerprint density at radius 1 is 1.25 bits per heavy atom. The van der Waals surface area contributed by atoms with Crippen LogP contribution in [-0.4, -0.2) is 22.5 Å². The van der Waals surface area contributed by atoms with Crippen LogP contribution in [0.5, 0.6) is 0 Å². The van der Waals surface area contributed by atoms with Gasteiger partial charge in [-0.3, -0.25) is 0 Å². The molecule has 0 spiro atoms. The molecule has 0 aliphatic carbocycles. The number of thioether (sulfide) groups is 2. The van der Waals surface area contributed by atoms with Crippen molar-refractivity contribution >= 4 is 23.5 Å². The van der Waals surface area contributed by atoms with Crippen molar-refractivity contribution in [3.8, 4) is 0 Å². The van der Waals surface area contributed by atoms with Gasteiger partial charge in [0.1, 0.15) is 11.6 Å². The second kappa shape index (κ2) is 5.38. The van der Waals surface area contributed by atoms with Gasteiger partial charge in [0.15, 0.2) is 0 Å². The van der Waals surface area contributed by atoms with Gasteiger partial charge >= 0.3 is 0 Å². The lowest BCUT2D eigenvalue weighted by Gasteiger charge is -2.27. The minimum atomic E-state index is -0.556. The summed E-state index contributed by atoms with van der Waals surface area (Å²) in [5.74, 6) is 1.87. The highest BCUT2D eigenvalue weighted by atomic mass is 32.2. The maximum Gasteiger partial charge on any atom is 0.130 e. The van der Waals surface area contributed by atoms with Crippen LogP contribution in [0.1, 0.15) is 11.6 Å². The molecular formula is C11H13F2NS2. The third-order valence-corrected chi connectivity index (χ3v) is 5.46. The van der Waals surface area contributed by atoms with Crippen LogP contribution in [0.15, 0.2) is 18.2 Å². The second-order valence-corrected chi connectivity index (χ2v) is 6.14. The van der Waals surface area contributed by atoms with E-state index >= 15 is 0 Å². The van der Waals surface area contributed by atoms with Gasteiger partial charge in [-0.2, -0.15) is 23.5 Å². The van der Waals surface area contributed by atoms with Gasteiger partial charge in [0, 0.05) is 34.1 Å². The average Bonchev–Trinajstić information content (AvgIpc) is 2.30. The lowest BCUT2D eigenvalue weighted by molar-refractivity contribution is 0.525. The summed E-state index contributed by atoms with van der Waals surface area (Å²) in [6, 6.07) is 3.33. The molecule has 1 aromatic carbocycles. The zero-order valence-electron chi connectivity index (χ0n) is 8.66. The van der Waals surface area contributed by atoms with E-state index in [1.54, 1.807) is 23.5 Å². The normalized spacial score (nSPS) is 23.1. The van der Waals surface area contributed by atoms with E-state index < -0.39 is 17.7 Å². The molecule has 16 heavy (non-hydrogen) atoms. The van der Waals surface area contributed by atoms with Crippen LogP contribution in [0.4, 0.5) is 8.78 Å². The molecule has 1 saturated heterocycles. The van der Waals surface area contributed by atoms with Crippen LogP contribution in [-0.2, 0) is 0 Å². The maximum atomic E-state index is 13.5. The molecule has 1 aliphatic rings. The molecule has 1 heterocycles. The van der Waals surface area contributed by atoms with Crippen LogP contribution in [0, 0.1) is 11.6 Å². The number of benzene rings is 1. The first kappa shape index (κ1) is 12.2. The van der Waals surface area contributed by atoms with E-state index in [0.29, 0.717) is 0 Å². The smallest absolute Gasteiger partial charge is 0.130 e. The lowest BCUT2D eigenvalue weighted by atomic mass is 10.0. The van der Waals surface area contributed by atoms with E-state index in [-0.39, 0.29) is 10.8 Å². The summed E-state index contributed by atoms with van der Waals surface area (Å²) < 4.78 is 27.0. The maximum absolute atomic E-state index is 13.5. The van der Waals surface area contributed by atoms with E-state index in [4.69, 9.17) is 5.73 Å². The Morgan fingerprint density at radius 2 is 1.94 bits per heavy atom. The van der Waals surface area contributed by atoms with Gasteiger partial charge < -0.3 is 5.73 Å². The van der Waals surface area contributed by atoms with Crippen LogP contribution < -0.4 is 5.73 Å². The molecule has 1 aliphatic heterocycles. The summed E-state index contributed by atoms with van der Waals surface area (Å²) in [6.07, 6.45) is 0. The van der Waals surface area contributed by atoms with Crippen molar-refractivity contribution in [2.24, 2.45) is 5.73 Å². The van der Waals surface area contributed by atoms with Crippen LogP contribution in [0.2, 0.25) is 0 Å². The number of rotatable bonds is 2. The fraction of sp³-hybridized carbons (Fsp3) is 0.455. The molecule has 2 N–H and O–H groups in total. The van der Waals surface area contributed by atoms with Gasteiger partial charge in [0.05, 0.1) is 0 Å². The molecule has 0 aromatic heterocycles. The quantitative estimate of drug-likeness (QED) is 0.886. The Kier molecular flexibility index (Phi) is 4.10. The number of nitrogens with two attached hydrogens (primary N) is 1. The highest BCUT2D eigenvalue weighted by molar-refractivity contribution is 8.06. The monoisotopic (exact) mass is 261 g/mol. The number of hydrogen-bond donors (Lipinski definition) is 1. The van der Waals surface area contributed by atoms with Gasteiger partial charge in [-0.05, 0) is 12.1 Å². The predicted molar refractivity (Wildman–Crippen MR) is 66.9 cm³/mol. The molecule has 2 unspecified atom stereocenters. The van der Waals surface area contributed by atoms with Gasteiger partial charge in [0.2, 0.25) is 0 Å². The standard InChI is InChI=1S/C11H13F2NS2/c12-7-2-1-3-8(13)10(7)11(14)9-6-15-4-5-16-9/h1-3,9,11H,4-6,14H2. The Bertz CT molecular complexity index is 347. The molecule has 1 fully saturated rings. The van der Waals surface area contributed by atoms with Crippen molar-refractivity contribution in [2.45, 2.75) is 11.3 Å². The van der Waals surface area contributed by atoms with Crippen molar-refractivity contribution in [1.82, 2.24) is 0 Å². The highest BCUT2D eigenvalue weighted by Gasteiger charge is 2.27. The fourth-order valence-electron chi connectivity index (χ4n) is 1.73. The Balaban J connectivity index is 2.22. The Labute approximate surface area is 102 Å². The molecule has 5 heteroatoms. The van der Waals surface area contributed by atoms with Gasteiger partial charge in [0.25, 0.3) is 0 Å². The Morgan fingerprint density at radius 3 is 2.50 bits per heavy atom. The first-order chi connectivity index (χ1) is 7.70. The van der Waals surface area contributed by atoms with Crippen molar-refractivity contribution in [2.75, 3.05) is 17.3 Å². The third kappa shape index (κ3) is 2.52. The molecule has 1 nitrogen and oxygen atoms in total. The van der Waals surface area contributed by atoms with E-state index in [9.17, 15) is 8.78 Å². The van der Waals surface area contributed by atoms with Crippen molar-refractivity contribution in [3.63, 3.8) is 0 Å². The third-order valence-electron chi connectivity index (χ3n) is 2.58. The summed E-state index contributed by atoms with van der Waals surface area (Å²) in [7, 11) is 0. The largest absolute Gasteiger partial charge is 0.323 e. The summed E-state index contributed by atoms with van der Waals surface area (Å²) in [5, 5.41) is 0.102. The van der Waals surface area contributed by atoms with E-state index in [0.717, 1.165) is 17.3 Å². The summed E-state index contributed by atoms with van der Waals surface area (Å²) >= 11 is 3.50. The van der Waals surface area contributed by atoms with Crippen molar-refractivity contribution in [1.29, 1.82) is 0 Å². The lowest BCUT2D eigenvalue weighted by Crippen LogP contribution is -2.30. The fourth-order valence-corrected chi connectivity index (χ4v) is 4.51. The SMILES string of the molecule is NC(c1c(F)cccc1F)C1CSCCS1. The first-order valence-electron chi connectivity index (χ1n) is 5.09. The molecule has 0 radical (unpaired) electrons. The topological polar surface area (TPSA) is 26.0 Å². The van der Waals surface area contributed by atoms with E-state index in [2.05, 4.69) is 0 Å². The van der Waals surface area contributed by atoms with Crippen molar-refractivity contribution in [3.05, 3.63) is 35.4 Å².